The van der Waals surface area contributed by atoms with Gasteiger partial charge in [-0.2, -0.15) is 13.2 Å². The molecule has 0 fully saturated rings. The molecule has 2 nitrogen and oxygen atoms in total. The summed E-state index contributed by atoms with van der Waals surface area (Å²) in [5.41, 5.74) is 0. The molecule has 0 aromatic heterocycles. The largest absolute Gasteiger partial charge is 0.389 e. The molecular weight excluding hydrogens is 195 g/mol. The third-order valence-electron chi connectivity index (χ3n) is 1.69. The number of likely N-dealkylation sites (N-methyl/N-ethyl adjacent to an activating group) is 1. The fourth-order valence-corrected chi connectivity index (χ4v) is 0.964. The molecule has 0 bridgehead atoms. The minimum absolute atomic E-state index is 0.0248. The van der Waals surface area contributed by atoms with E-state index in [1.54, 1.807) is 0 Å². The summed E-state index contributed by atoms with van der Waals surface area (Å²) in [5.74, 6) is 0. The van der Waals surface area contributed by atoms with Gasteiger partial charge in [0.2, 0.25) is 0 Å². The molecule has 0 amide bonds. The molecule has 0 aliphatic carbocycles. The van der Waals surface area contributed by atoms with E-state index in [4.69, 9.17) is 4.74 Å². The van der Waals surface area contributed by atoms with Gasteiger partial charge in [-0.25, -0.2) is 0 Å². The molecule has 0 aliphatic rings. The summed E-state index contributed by atoms with van der Waals surface area (Å²) in [6.45, 7) is 5.51. The van der Waals surface area contributed by atoms with Gasteiger partial charge in [-0.1, -0.05) is 6.92 Å². The summed E-state index contributed by atoms with van der Waals surface area (Å²) in [4.78, 5) is 0. The predicted molar refractivity (Wildman–Crippen MR) is 49.2 cm³/mol. The lowest BCUT2D eigenvalue weighted by Crippen LogP contribution is -2.27. The molecule has 0 heterocycles. The fraction of sp³-hybridized carbons (Fsp3) is 1.00. The van der Waals surface area contributed by atoms with Crippen LogP contribution in [-0.2, 0) is 4.74 Å². The number of halogens is 3. The van der Waals surface area contributed by atoms with Gasteiger partial charge in [-0.05, 0) is 19.9 Å². The van der Waals surface area contributed by atoms with Crippen molar-refractivity contribution in [1.82, 2.24) is 5.32 Å². The Kier molecular flexibility index (Phi) is 6.92. The summed E-state index contributed by atoms with van der Waals surface area (Å²) < 4.78 is 40.3. The molecule has 14 heavy (non-hydrogen) atoms. The van der Waals surface area contributed by atoms with E-state index in [2.05, 4.69) is 5.32 Å². The molecule has 0 aliphatic heterocycles. The van der Waals surface area contributed by atoms with Crippen LogP contribution in [0.2, 0.25) is 0 Å². The van der Waals surface area contributed by atoms with E-state index < -0.39 is 12.6 Å². The van der Waals surface area contributed by atoms with Crippen molar-refractivity contribution < 1.29 is 17.9 Å². The van der Waals surface area contributed by atoms with E-state index in [-0.39, 0.29) is 19.1 Å². The summed E-state index contributed by atoms with van der Waals surface area (Å²) >= 11 is 0. The van der Waals surface area contributed by atoms with Gasteiger partial charge in [0.15, 0.2) is 0 Å². The second-order valence-electron chi connectivity index (χ2n) is 3.21. The minimum Gasteiger partial charge on any atom is -0.377 e. The maximum absolute atomic E-state index is 11.7. The minimum atomic E-state index is -4.06. The first-order chi connectivity index (χ1) is 6.45. The standard InChI is InChI=1S/C9H18F3NO/c1-3-13-7-8(2)14-6-4-5-9(10,11)12/h8,13H,3-7H2,1-2H3. The van der Waals surface area contributed by atoms with Crippen LogP contribution in [0.25, 0.3) is 0 Å². The molecule has 0 rings (SSSR count). The molecule has 1 N–H and O–H groups in total. The van der Waals surface area contributed by atoms with Gasteiger partial charge < -0.3 is 10.1 Å². The van der Waals surface area contributed by atoms with Crippen LogP contribution >= 0.6 is 0 Å². The fourth-order valence-electron chi connectivity index (χ4n) is 0.964. The Balaban J connectivity index is 3.27. The number of ether oxygens (including phenoxy) is 1. The number of rotatable bonds is 7. The van der Waals surface area contributed by atoms with Crippen molar-refractivity contribution in [2.45, 2.75) is 39.0 Å². The van der Waals surface area contributed by atoms with E-state index in [1.807, 2.05) is 13.8 Å². The number of hydrogen-bond acceptors (Lipinski definition) is 2. The topological polar surface area (TPSA) is 21.3 Å². The van der Waals surface area contributed by atoms with Gasteiger partial charge in [-0.15, -0.1) is 0 Å². The molecule has 0 spiro atoms. The Bertz CT molecular complexity index is 139. The molecule has 0 aromatic rings. The predicted octanol–water partition coefficient (Wildman–Crippen LogP) is 2.34. The van der Waals surface area contributed by atoms with Crippen molar-refractivity contribution in [3.05, 3.63) is 0 Å². The molecular formula is C9H18F3NO. The van der Waals surface area contributed by atoms with Crippen LogP contribution in [0.3, 0.4) is 0 Å². The van der Waals surface area contributed by atoms with Gasteiger partial charge >= 0.3 is 6.18 Å². The highest BCUT2D eigenvalue weighted by molar-refractivity contribution is 4.55. The van der Waals surface area contributed by atoms with Crippen molar-refractivity contribution in [3.63, 3.8) is 0 Å². The van der Waals surface area contributed by atoms with Gasteiger partial charge in [0.05, 0.1) is 6.10 Å². The third-order valence-corrected chi connectivity index (χ3v) is 1.69. The van der Waals surface area contributed by atoms with Crippen LogP contribution < -0.4 is 5.32 Å². The van der Waals surface area contributed by atoms with Crippen LogP contribution in [0.1, 0.15) is 26.7 Å². The zero-order valence-corrected chi connectivity index (χ0v) is 8.66. The molecule has 0 saturated carbocycles. The molecule has 86 valence electrons. The van der Waals surface area contributed by atoms with E-state index in [1.165, 1.54) is 0 Å². The highest BCUT2D eigenvalue weighted by Crippen LogP contribution is 2.21. The van der Waals surface area contributed by atoms with Gasteiger partial charge in [-0.3, -0.25) is 0 Å². The lowest BCUT2D eigenvalue weighted by atomic mass is 10.3. The average molecular weight is 213 g/mol. The Hall–Kier alpha value is -0.290. The first-order valence-corrected chi connectivity index (χ1v) is 4.84. The van der Waals surface area contributed by atoms with Gasteiger partial charge in [0, 0.05) is 19.6 Å². The maximum Gasteiger partial charge on any atom is 0.389 e. The van der Waals surface area contributed by atoms with Crippen molar-refractivity contribution in [2.24, 2.45) is 0 Å². The van der Waals surface area contributed by atoms with Gasteiger partial charge in [0.1, 0.15) is 0 Å². The van der Waals surface area contributed by atoms with Crippen molar-refractivity contribution >= 4 is 0 Å². The first kappa shape index (κ1) is 13.7. The lowest BCUT2D eigenvalue weighted by Gasteiger charge is -2.13. The normalized spacial score (nSPS) is 14.4. The maximum atomic E-state index is 11.7. The van der Waals surface area contributed by atoms with Crippen LogP contribution in [0, 0.1) is 0 Å². The first-order valence-electron chi connectivity index (χ1n) is 4.84. The Morgan fingerprint density at radius 2 is 2.00 bits per heavy atom. The lowest BCUT2D eigenvalue weighted by molar-refractivity contribution is -0.138. The number of hydrogen-bond donors (Lipinski definition) is 1. The molecule has 1 atom stereocenters. The zero-order chi connectivity index (χ0) is 11.0. The number of nitrogens with one attached hydrogen (secondary N) is 1. The Morgan fingerprint density at radius 1 is 1.36 bits per heavy atom. The van der Waals surface area contributed by atoms with Crippen molar-refractivity contribution in [2.75, 3.05) is 19.7 Å². The van der Waals surface area contributed by atoms with Gasteiger partial charge in [0.25, 0.3) is 0 Å². The Morgan fingerprint density at radius 3 is 2.50 bits per heavy atom. The molecule has 1 unspecified atom stereocenters. The van der Waals surface area contributed by atoms with E-state index in [0.717, 1.165) is 6.54 Å². The smallest absolute Gasteiger partial charge is 0.377 e. The summed E-state index contributed by atoms with van der Waals surface area (Å²) in [6.07, 6.45) is -4.81. The van der Waals surface area contributed by atoms with Crippen LogP contribution in [0.4, 0.5) is 13.2 Å². The Labute approximate surface area is 82.8 Å². The van der Waals surface area contributed by atoms with Crippen molar-refractivity contribution in [3.8, 4) is 0 Å². The van der Waals surface area contributed by atoms with Crippen LogP contribution in [0.15, 0.2) is 0 Å². The number of alkyl halides is 3. The van der Waals surface area contributed by atoms with Crippen molar-refractivity contribution in [1.29, 1.82) is 0 Å². The highest BCUT2D eigenvalue weighted by Gasteiger charge is 2.25. The van der Waals surface area contributed by atoms with E-state index in [9.17, 15) is 13.2 Å². The summed E-state index contributed by atoms with van der Waals surface area (Å²) in [6, 6.07) is 0. The molecule has 0 saturated heterocycles. The quantitative estimate of drug-likeness (QED) is 0.655. The summed E-state index contributed by atoms with van der Waals surface area (Å²) in [5, 5.41) is 3.06. The highest BCUT2D eigenvalue weighted by atomic mass is 19.4. The zero-order valence-electron chi connectivity index (χ0n) is 8.66. The van der Waals surface area contributed by atoms with Crippen LogP contribution in [0.5, 0.6) is 0 Å². The summed E-state index contributed by atoms with van der Waals surface area (Å²) in [7, 11) is 0. The van der Waals surface area contributed by atoms with E-state index in [0.29, 0.717) is 6.54 Å². The second kappa shape index (κ2) is 7.06. The molecule has 0 aromatic carbocycles. The second-order valence-corrected chi connectivity index (χ2v) is 3.21. The molecule has 5 heteroatoms. The average Bonchev–Trinajstić information content (AvgIpc) is 2.07. The van der Waals surface area contributed by atoms with E-state index >= 15 is 0 Å². The monoisotopic (exact) mass is 213 g/mol. The SMILES string of the molecule is CCNCC(C)OCCCC(F)(F)F. The molecule has 0 radical (unpaired) electrons. The van der Waals surface area contributed by atoms with Crippen LogP contribution in [-0.4, -0.2) is 32.0 Å². The third kappa shape index (κ3) is 9.80.